The molecular weight excluding hydrogens is 342 g/mol. The van der Waals surface area contributed by atoms with E-state index in [-0.39, 0.29) is 28.6 Å². The molecule has 0 aromatic carbocycles. The van der Waals surface area contributed by atoms with Crippen LogP contribution in [0.4, 0.5) is 0 Å². The van der Waals surface area contributed by atoms with Gasteiger partial charge in [-0.15, -0.1) is 0 Å². The zero-order valence-electron chi connectivity index (χ0n) is 15.4. The summed E-state index contributed by atoms with van der Waals surface area (Å²) >= 11 is 0. The monoisotopic (exact) mass is 365 g/mol. The minimum absolute atomic E-state index is 0.0844. The molecule has 0 bridgehead atoms. The van der Waals surface area contributed by atoms with E-state index in [4.69, 9.17) is 10.4 Å². The highest BCUT2D eigenvalue weighted by molar-refractivity contribution is 5.96. The summed E-state index contributed by atoms with van der Waals surface area (Å²) in [7, 11) is 0. The van der Waals surface area contributed by atoms with Crippen LogP contribution in [0, 0.1) is 5.41 Å². The van der Waals surface area contributed by atoms with Gasteiger partial charge in [0, 0.05) is 18.8 Å². The molecule has 1 fully saturated rings. The lowest BCUT2D eigenvalue weighted by Gasteiger charge is -2.26. The van der Waals surface area contributed by atoms with Crippen molar-refractivity contribution in [3.8, 4) is 0 Å². The SMILES string of the molecule is CCNC(=O)c1cc2c(=O)n3ccccc3nc2n(C2CCCCC2)c1=N. The maximum atomic E-state index is 13.1. The Morgan fingerprint density at radius 3 is 2.81 bits per heavy atom. The molecule has 7 heteroatoms. The number of hydrogen-bond donors (Lipinski definition) is 2. The van der Waals surface area contributed by atoms with Crippen molar-refractivity contribution in [2.24, 2.45) is 0 Å². The molecule has 0 saturated heterocycles. The van der Waals surface area contributed by atoms with Crippen molar-refractivity contribution >= 4 is 22.6 Å². The normalized spacial score (nSPS) is 15.3. The van der Waals surface area contributed by atoms with E-state index in [0.717, 1.165) is 25.7 Å². The van der Waals surface area contributed by atoms with Crippen molar-refractivity contribution < 1.29 is 4.79 Å². The van der Waals surface area contributed by atoms with Crippen LogP contribution in [0.2, 0.25) is 0 Å². The number of fused-ring (bicyclic) bond motifs is 2. The maximum absolute atomic E-state index is 13.1. The summed E-state index contributed by atoms with van der Waals surface area (Å²) in [5.74, 6) is -0.327. The molecule has 140 valence electrons. The molecule has 2 N–H and O–H groups in total. The lowest BCUT2D eigenvalue weighted by atomic mass is 9.94. The third-order valence-electron chi connectivity index (χ3n) is 5.28. The predicted octanol–water partition coefficient (Wildman–Crippen LogP) is 2.38. The number of nitrogens with zero attached hydrogens (tertiary/aromatic N) is 3. The molecule has 1 aliphatic carbocycles. The number of nitrogens with one attached hydrogen (secondary N) is 2. The Morgan fingerprint density at radius 1 is 1.30 bits per heavy atom. The number of carbonyl (C=O) groups excluding carboxylic acids is 1. The van der Waals surface area contributed by atoms with Crippen LogP contribution in [-0.4, -0.2) is 26.4 Å². The Balaban J connectivity index is 2.09. The van der Waals surface area contributed by atoms with Gasteiger partial charge in [0.1, 0.15) is 16.8 Å². The average Bonchev–Trinajstić information content (AvgIpc) is 2.69. The predicted molar refractivity (Wildman–Crippen MR) is 103 cm³/mol. The Hall–Kier alpha value is -2.96. The Morgan fingerprint density at radius 2 is 2.07 bits per heavy atom. The van der Waals surface area contributed by atoms with Crippen LogP contribution in [-0.2, 0) is 0 Å². The molecule has 4 rings (SSSR count). The van der Waals surface area contributed by atoms with Gasteiger partial charge < -0.3 is 9.88 Å². The lowest BCUT2D eigenvalue weighted by molar-refractivity contribution is 0.0953. The fourth-order valence-electron chi connectivity index (χ4n) is 3.97. The molecule has 0 radical (unpaired) electrons. The first-order valence-corrected chi connectivity index (χ1v) is 9.51. The molecule has 1 aliphatic rings. The van der Waals surface area contributed by atoms with Gasteiger partial charge in [-0.3, -0.25) is 19.4 Å². The van der Waals surface area contributed by atoms with Crippen LogP contribution < -0.4 is 16.4 Å². The van der Waals surface area contributed by atoms with Gasteiger partial charge in [0.2, 0.25) is 0 Å². The first-order valence-electron chi connectivity index (χ1n) is 9.51. The first-order chi connectivity index (χ1) is 13.1. The van der Waals surface area contributed by atoms with E-state index in [1.54, 1.807) is 18.3 Å². The smallest absolute Gasteiger partial charge is 0.267 e. The number of carbonyl (C=O) groups is 1. The molecule has 1 amide bonds. The third-order valence-corrected chi connectivity index (χ3v) is 5.28. The minimum Gasteiger partial charge on any atom is -0.352 e. The van der Waals surface area contributed by atoms with Gasteiger partial charge in [0.15, 0.2) is 0 Å². The summed E-state index contributed by atoms with van der Waals surface area (Å²) in [4.78, 5) is 30.3. The second-order valence-corrected chi connectivity index (χ2v) is 7.01. The molecule has 0 aliphatic heterocycles. The summed E-state index contributed by atoms with van der Waals surface area (Å²) in [5, 5.41) is 11.8. The van der Waals surface area contributed by atoms with Crippen molar-refractivity contribution in [3.05, 3.63) is 51.9 Å². The third kappa shape index (κ3) is 2.93. The number of hydrogen-bond acceptors (Lipinski definition) is 4. The van der Waals surface area contributed by atoms with Gasteiger partial charge in [-0.25, -0.2) is 4.98 Å². The largest absolute Gasteiger partial charge is 0.352 e. The van der Waals surface area contributed by atoms with E-state index in [9.17, 15) is 9.59 Å². The zero-order chi connectivity index (χ0) is 19.0. The summed E-state index contributed by atoms with van der Waals surface area (Å²) in [6.45, 7) is 2.30. The minimum atomic E-state index is -0.327. The number of amides is 1. The molecule has 7 nitrogen and oxygen atoms in total. The van der Waals surface area contributed by atoms with E-state index in [0.29, 0.717) is 23.2 Å². The van der Waals surface area contributed by atoms with E-state index >= 15 is 0 Å². The quantitative estimate of drug-likeness (QED) is 0.698. The molecular formula is C20H23N5O2. The standard InChI is InChI=1S/C20H23N5O2/c1-2-22-19(26)14-12-15-18(23-16-10-6-7-11-24(16)20(15)27)25(17(14)21)13-8-4-3-5-9-13/h6-7,10-13,21H,2-5,8-9H2,1H3,(H,22,26). The maximum Gasteiger partial charge on any atom is 0.267 e. The lowest BCUT2D eigenvalue weighted by Crippen LogP contribution is -2.36. The van der Waals surface area contributed by atoms with E-state index in [1.807, 2.05) is 17.6 Å². The zero-order valence-corrected chi connectivity index (χ0v) is 15.4. The Bertz CT molecular complexity index is 1140. The topological polar surface area (TPSA) is 92.2 Å². The molecule has 3 heterocycles. The van der Waals surface area contributed by atoms with E-state index in [2.05, 4.69) is 5.32 Å². The molecule has 1 saturated carbocycles. The number of pyridine rings is 2. The highest BCUT2D eigenvalue weighted by Crippen LogP contribution is 2.29. The van der Waals surface area contributed by atoms with Crippen molar-refractivity contribution in [1.29, 1.82) is 5.41 Å². The highest BCUT2D eigenvalue weighted by Gasteiger charge is 2.23. The molecule has 0 spiro atoms. The highest BCUT2D eigenvalue weighted by atomic mass is 16.1. The van der Waals surface area contributed by atoms with Gasteiger partial charge in [-0.05, 0) is 38.0 Å². The van der Waals surface area contributed by atoms with Crippen molar-refractivity contribution in [2.45, 2.75) is 45.1 Å². The molecule has 3 aromatic heterocycles. The summed E-state index contributed by atoms with van der Waals surface area (Å²) in [5.41, 5.74) is 1.18. The molecule has 0 atom stereocenters. The van der Waals surface area contributed by atoms with Gasteiger partial charge in [0.25, 0.3) is 11.5 Å². The van der Waals surface area contributed by atoms with Crippen LogP contribution in [0.25, 0.3) is 16.7 Å². The molecule has 0 unspecified atom stereocenters. The molecule has 27 heavy (non-hydrogen) atoms. The van der Waals surface area contributed by atoms with Gasteiger partial charge in [0.05, 0.1) is 10.9 Å². The number of rotatable bonds is 3. The second-order valence-electron chi connectivity index (χ2n) is 7.01. The van der Waals surface area contributed by atoms with Crippen LogP contribution in [0.1, 0.15) is 55.4 Å². The Kier molecular flexibility index (Phi) is 4.51. The van der Waals surface area contributed by atoms with Gasteiger partial charge in [-0.2, -0.15) is 0 Å². The van der Waals surface area contributed by atoms with E-state index in [1.165, 1.54) is 16.9 Å². The average molecular weight is 365 g/mol. The van der Waals surface area contributed by atoms with Crippen LogP contribution in [0.15, 0.2) is 35.3 Å². The Labute approximate surface area is 156 Å². The van der Waals surface area contributed by atoms with Gasteiger partial charge >= 0.3 is 0 Å². The second kappa shape index (κ2) is 6.98. The fraction of sp³-hybridized carbons (Fsp3) is 0.400. The summed E-state index contributed by atoms with van der Waals surface area (Å²) in [6, 6.07) is 7.01. The van der Waals surface area contributed by atoms with E-state index < -0.39 is 0 Å². The molecule has 3 aromatic rings. The fourth-order valence-corrected chi connectivity index (χ4v) is 3.97. The summed E-state index contributed by atoms with van der Waals surface area (Å²) < 4.78 is 3.30. The van der Waals surface area contributed by atoms with Gasteiger partial charge in [-0.1, -0.05) is 25.3 Å². The van der Waals surface area contributed by atoms with Crippen molar-refractivity contribution in [2.75, 3.05) is 6.54 Å². The summed E-state index contributed by atoms with van der Waals surface area (Å²) in [6.07, 6.45) is 6.88. The van der Waals surface area contributed by atoms with Crippen LogP contribution >= 0.6 is 0 Å². The first kappa shape index (κ1) is 17.5. The van der Waals surface area contributed by atoms with Crippen LogP contribution in [0.5, 0.6) is 0 Å². The van der Waals surface area contributed by atoms with Crippen molar-refractivity contribution in [1.82, 2.24) is 19.3 Å². The number of aromatic nitrogens is 3. The van der Waals surface area contributed by atoms with Crippen LogP contribution in [0.3, 0.4) is 0 Å². The van der Waals surface area contributed by atoms with Crippen molar-refractivity contribution in [3.63, 3.8) is 0 Å².